The molecule has 1 heterocycles. The molecule has 0 saturated heterocycles. The number of rotatable bonds is 5. The van der Waals surface area contributed by atoms with Crippen molar-refractivity contribution in [3.05, 3.63) is 58.6 Å². The summed E-state index contributed by atoms with van der Waals surface area (Å²) in [5.74, 6) is 1.88. The van der Waals surface area contributed by atoms with Gasteiger partial charge in [0.2, 0.25) is 0 Å². The maximum atomic E-state index is 13.3. The van der Waals surface area contributed by atoms with Gasteiger partial charge < -0.3 is 14.8 Å². The van der Waals surface area contributed by atoms with Crippen molar-refractivity contribution in [1.82, 2.24) is 14.9 Å². The van der Waals surface area contributed by atoms with Crippen molar-refractivity contribution in [3.8, 4) is 17.2 Å². The Morgan fingerprint density at radius 1 is 1.08 bits per heavy atom. The standard InChI is InChI=1S/C19H21N3O3/c1-12(20-2)18-21-15-6-5-7-16(25-4)17(15)19(23)22(18)13-8-10-14(24-3)11-9-13/h5-12,20H,1-4H3. The number of hydrogen-bond donors (Lipinski definition) is 1. The molecule has 130 valence electrons. The molecule has 1 atom stereocenters. The Hall–Kier alpha value is -2.86. The van der Waals surface area contributed by atoms with Gasteiger partial charge in [-0.05, 0) is 50.4 Å². The van der Waals surface area contributed by atoms with E-state index in [0.29, 0.717) is 22.5 Å². The van der Waals surface area contributed by atoms with Crippen LogP contribution in [-0.4, -0.2) is 30.8 Å². The van der Waals surface area contributed by atoms with Crippen molar-refractivity contribution >= 4 is 10.9 Å². The van der Waals surface area contributed by atoms with Crippen LogP contribution >= 0.6 is 0 Å². The average Bonchev–Trinajstić information content (AvgIpc) is 2.66. The summed E-state index contributed by atoms with van der Waals surface area (Å²) in [5.41, 5.74) is 1.18. The van der Waals surface area contributed by atoms with Gasteiger partial charge in [0.15, 0.2) is 0 Å². The molecule has 1 unspecified atom stereocenters. The lowest BCUT2D eigenvalue weighted by atomic mass is 10.2. The highest BCUT2D eigenvalue weighted by molar-refractivity contribution is 5.84. The van der Waals surface area contributed by atoms with Crippen molar-refractivity contribution in [1.29, 1.82) is 0 Å². The average molecular weight is 339 g/mol. The van der Waals surface area contributed by atoms with E-state index in [2.05, 4.69) is 5.32 Å². The van der Waals surface area contributed by atoms with Crippen LogP contribution in [0.2, 0.25) is 0 Å². The van der Waals surface area contributed by atoms with Gasteiger partial charge in [0.05, 0.1) is 31.5 Å². The smallest absolute Gasteiger partial charge is 0.269 e. The molecule has 3 rings (SSSR count). The molecular weight excluding hydrogens is 318 g/mol. The number of aromatic nitrogens is 2. The Morgan fingerprint density at radius 2 is 1.80 bits per heavy atom. The Labute approximate surface area is 146 Å². The monoisotopic (exact) mass is 339 g/mol. The molecule has 6 heteroatoms. The number of hydrogen-bond acceptors (Lipinski definition) is 5. The third-order valence-corrected chi connectivity index (χ3v) is 4.26. The van der Waals surface area contributed by atoms with Crippen LogP contribution in [0, 0.1) is 0 Å². The van der Waals surface area contributed by atoms with Crippen LogP contribution in [0.3, 0.4) is 0 Å². The molecule has 1 aromatic heterocycles. The van der Waals surface area contributed by atoms with Crippen LogP contribution in [0.4, 0.5) is 0 Å². The first-order valence-electron chi connectivity index (χ1n) is 8.02. The maximum Gasteiger partial charge on any atom is 0.269 e. The summed E-state index contributed by atoms with van der Waals surface area (Å²) in [6, 6.07) is 12.6. The summed E-state index contributed by atoms with van der Waals surface area (Å²) in [5, 5.41) is 3.62. The van der Waals surface area contributed by atoms with Crippen molar-refractivity contribution in [3.63, 3.8) is 0 Å². The first kappa shape index (κ1) is 17.0. The molecule has 1 N–H and O–H groups in total. The minimum atomic E-state index is -0.162. The molecule has 6 nitrogen and oxygen atoms in total. The Bertz CT molecular complexity index is 949. The van der Waals surface area contributed by atoms with Crippen molar-refractivity contribution in [2.24, 2.45) is 0 Å². The van der Waals surface area contributed by atoms with Crippen molar-refractivity contribution in [2.45, 2.75) is 13.0 Å². The van der Waals surface area contributed by atoms with E-state index in [4.69, 9.17) is 14.5 Å². The van der Waals surface area contributed by atoms with Crippen LogP contribution in [0.1, 0.15) is 18.8 Å². The fourth-order valence-corrected chi connectivity index (χ4v) is 2.79. The number of nitrogens with zero attached hydrogens (tertiary/aromatic N) is 2. The molecule has 0 bridgehead atoms. The van der Waals surface area contributed by atoms with Gasteiger partial charge in [-0.3, -0.25) is 9.36 Å². The third kappa shape index (κ3) is 2.96. The second-order valence-electron chi connectivity index (χ2n) is 5.67. The Morgan fingerprint density at radius 3 is 2.40 bits per heavy atom. The van der Waals surface area contributed by atoms with E-state index in [0.717, 1.165) is 11.4 Å². The largest absolute Gasteiger partial charge is 0.497 e. The molecule has 0 radical (unpaired) electrons. The summed E-state index contributed by atoms with van der Waals surface area (Å²) >= 11 is 0. The fourth-order valence-electron chi connectivity index (χ4n) is 2.79. The van der Waals surface area contributed by atoms with Crippen LogP contribution in [0.25, 0.3) is 16.6 Å². The lowest BCUT2D eigenvalue weighted by Crippen LogP contribution is -2.29. The molecule has 0 spiro atoms. The van der Waals surface area contributed by atoms with Gasteiger partial charge in [0.1, 0.15) is 22.7 Å². The van der Waals surface area contributed by atoms with Gasteiger partial charge in [-0.15, -0.1) is 0 Å². The Kier molecular flexibility index (Phi) is 4.72. The first-order chi connectivity index (χ1) is 12.1. The minimum Gasteiger partial charge on any atom is -0.497 e. The van der Waals surface area contributed by atoms with E-state index in [1.165, 1.54) is 0 Å². The van der Waals surface area contributed by atoms with E-state index in [1.807, 2.05) is 50.4 Å². The summed E-state index contributed by atoms with van der Waals surface area (Å²) in [4.78, 5) is 18.0. The summed E-state index contributed by atoms with van der Waals surface area (Å²) in [6.07, 6.45) is 0. The predicted octanol–water partition coefficient (Wildman–Crippen LogP) is 2.68. The van der Waals surface area contributed by atoms with E-state index >= 15 is 0 Å². The van der Waals surface area contributed by atoms with Gasteiger partial charge in [0, 0.05) is 0 Å². The van der Waals surface area contributed by atoms with Gasteiger partial charge in [-0.1, -0.05) is 6.07 Å². The van der Waals surface area contributed by atoms with Crippen LogP contribution in [0.15, 0.2) is 47.3 Å². The van der Waals surface area contributed by atoms with E-state index in [-0.39, 0.29) is 11.6 Å². The normalized spacial score (nSPS) is 12.2. The topological polar surface area (TPSA) is 65.4 Å². The SMILES string of the molecule is CNC(C)c1nc2cccc(OC)c2c(=O)n1-c1ccc(OC)cc1. The molecule has 0 fully saturated rings. The summed E-state index contributed by atoms with van der Waals surface area (Å²) in [6.45, 7) is 1.97. The number of ether oxygens (including phenoxy) is 2. The molecule has 25 heavy (non-hydrogen) atoms. The lowest BCUT2D eigenvalue weighted by Gasteiger charge is -2.19. The first-order valence-corrected chi connectivity index (χ1v) is 8.02. The highest BCUT2D eigenvalue weighted by atomic mass is 16.5. The van der Waals surface area contributed by atoms with Crippen LogP contribution in [-0.2, 0) is 0 Å². The number of benzene rings is 2. The molecule has 0 aliphatic rings. The lowest BCUT2D eigenvalue weighted by molar-refractivity contribution is 0.414. The zero-order valence-electron chi connectivity index (χ0n) is 14.7. The molecule has 0 aliphatic heterocycles. The van der Waals surface area contributed by atoms with Gasteiger partial charge >= 0.3 is 0 Å². The highest BCUT2D eigenvalue weighted by Crippen LogP contribution is 2.24. The molecule has 0 saturated carbocycles. The minimum absolute atomic E-state index is 0.106. The number of methoxy groups -OCH3 is 2. The summed E-state index contributed by atoms with van der Waals surface area (Å²) < 4.78 is 12.2. The molecule has 3 aromatic rings. The van der Waals surface area contributed by atoms with Crippen LogP contribution in [0.5, 0.6) is 11.5 Å². The zero-order chi connectivity index (χ0) is 18.0. The Balaban J connectivity index is 2.37. The predicted molar refractivity (Wildman–Crippen MR) is 97.9 cm³/mol. The van der Waals surface area contributed by atoms with Gasteiger partial charge in [0.25, 0.3) is 5.56 Å². The van der Waals surface area contributed by atoms with E-state index < -0.39 is 0 Å². The molecule has 0 amide bonds. The van der Waals surface area contributed by atoms with Gasteiger partial charge in [-0.25, -0.2) is 4.98 Å². The number of fused-ring (bicyclic) bond motifs is 1. The van der Waals surface area contributed by atoms with Crippen molar-refractivity contribution < 1.29 is 9.47 Å². The molecular formula is C19H21N3O3. The third-order valence-electron chi connectivity index (χ3n) is 4.26. The van der Waals surface area contributed by atoms with E-state index in [1.54, 1.807) is 24.9 Å². The zero-order valence-corrected chi connectivity index (χ0v) is 14.7. The fraction of sp³-hybridized carbons (Fsp3) is 0.263. The maximum absolute atomic E-state index is 13.3. The van der Waals surface area contributed by atoms with Crippen LogP contribution < -0.4 is 20.3 Å². The summed E-state index contributed by atoms with van der Waals surface area (Å²) in [7, 11) is 5.00. The second-order valence-corrected chi connectivity index (χ2v) is 5.67. The van der Waals surface area contributed by atoms with E-state index in [9.17, 15) is 4.79 Å². The second kappa shape index (κ2) is 6.94. The quantitative estimate of drug-likeness (QED) is 0.774. The highest BCUT2D eigenvalue weighted by Gasteiger charge is 2.19. The molecule has 2 aromatic carbocycles. The number of nitrogens with one attached hydrogen (secondary N) is 1. The van der Waals surface area contributed by atoms with Gasteiger partial charge in [-0.2, -0.15) is 0 Å². The molecule has 0 aliphatic carbocycles. The van der Waals surface area contributed by atoms with Crippen molar-refractivity contribution in [2.75, 3.05) is 21.3 Å².